The van der Waals surface area contributed by atoms with E-state index in [1.807, 2.05) is 12.3 Å². The van der Waals surface area contributed by atoms with E-state index in [0.29, 0.717) is 6.10 Å². The van der Waals surface area contributed by atoms with Crippen molar-refractivity contribution in [3.8, 4) is 0 Å². The van der Waals surface area contributed by atoms with Crippen molar-refractivity contribution in [2.45, 2.75) is 45.5 Å². The first kappa shape index (κ1) is 17.3. The topological polar surface area (TPSA) is 30.3 Å². The van der Waals surface area contributed by atoms with Crippen molar-refractivity contribution in [2.24, 2.45) is 0 Å². The lowest BCUT2D eigenvalue weighted by Crippen LogP contribution is -2.31. The van der Waals surface area contributed by atoms with Crippen LogP contribution in [0.3, 0.4) is 0 Å². The number of benzene rings is 1. The molecule has 1 aliphatic rings. The number of nitrogens with zero attached hydrogens (tertiary/aromatic N) is 3. The minimum absolute atomic E-state index is 0.346. The molecular formula is C22H27N3O. The molecule has 3 aromatic rings. The van der Waals surface area contributed by atoms with Crippen LogP contribution in [0.4, 0.5) is 0 Å². The van der Waals surface area contributed by atoms with Gasteiger partial charge in [0.15, 0.2) is 0 Å². The van der Waals surface area contributed by atoms with Crippen LogP contribution >= 0.6 is 0 Å². The fourth-order valence-electron chi connectivity index (χ4n) is 3.92. The molecule has 0 amide bonds. The van der Waals surface area contributed by atoms with Gasteiger partial charge in [0.05, 0.1) is 11.8 Å². The first-order valence-electron chi connectivity index (χ1n) is 9.64. The zero-order valence-corrected chi connectivity index (χ0v) is 15.5. The zero-order chi connectivity index (χ0) is 17.8. The molecule has 26 heavy (non-hydrogen) atoms. The third kappa shape index (κ3) is 3.81. The van der Waals surface area contributed by atoms with Crippen molar-refractivity contribution < 1.29 is 4.74 Å². The van der Waals surface area contributed by atoms with Gasteiger partial charge in [-0.25, -0.2) is 0 Å². The van der Waals surface area contributed by atoms with Gasteiger partial charge in [0.2, 0.25) is 0 Å². The van der Waals surface area contributed by atoms with Crippen LogP contribution in [0, 0.1) is 0 Å². The normalized spacial score (nSPS) is 17.4. The highest BCUT2D eigenvalue weighted by molar-refractivity contribution is 5.83. The molecule has 1 saturated heterocycles. The standard InChI is InChI=1S/C22H27N3O/c1-2-25-13-11-21-18(7-5-10-22(21)25)15-24(17-20-9-6-14-26-20)16-19-8-3-4-12-23-19/h3-5,7-8,10-13,20H,2,6,9,14-17H2,1H3/t20-/m0/s1. The molecule has 2 aromatic heterocycles. The van der Waals surface area contributed by atoms with Crippen LogP contribution in [0.1, 0.15) is 31.0 Å². The van der Waals surface area contributed by atoms with Crippen LogP contribution in [0.15, 0.2) is 54.9 Å². The maximum Gasteiger partial charge on any atom is 0.0703 e. The lowest BCUT2D eigenvalue weighted by Gasteiger charge is -2.25. The number of pyridine rings is 1. The van der Waals surface area contributed by atoms with Crippen LogP contribution in [0.25, 0.3) is 10.9 Å². The molecular weight excluding hydrogens is 322 g/mol. The number of aryl methyl sites for hydroxylation is 1. The highest BCUT2D eigenvalue weighted by atomic mass is 16.5. The molecule has 4 rings (SSSR count). The summed E-state index contributed by atoms with van der Waals surface area (Å²) < 4.78 is 8.21. The molecule has 136 valence electrons. The average molecular weight is 349 g/mol. The molecule has 4 heteroatoms. The zero-order valence-electron chi connectivity index (χ0n) is 15.5. The predicted octanol–water partition coefficient (Wildman–Crippen LogP) is 4.24. The van der Waals surface area contributed by atoms with Crippen molar-refractivity contribution in [1.29, 1.82) is 0 Å². The lowest BCUT2D eigenvalue weighted by atomic mass is 10.1. The highest BCUT2D eigenvalue weighted by Crippen LogP contribution is 2.23. The first-order chi connectivity index (χ1) is 12.8. The molecule has 0 N–H and O–H groups in total. The molecule has 1 atom stereocenters. The summed E-state index contributed by atoms with van der Waals surface area (Å²) in [5, 5.41) is 1.35. The van der Waals surface area contributed by atoms with E-state index in [9.17, 15) is 0 Å². The van der Waals surface area contributed by atoms with Crippen molar-refractivity contribution in [3.05, 3.63) is 66.1 Å². The van der Waals surface area contributed by atoms with E-state index in [-0.39, 0.29) is 0 Å². The lowest BCUT2D eigenvalue weighted by molar-refractivity contribution is 0.0676. The summed E-state index contributed by atoms with van der Waals surface area (Å²) in [6.07, 6.45) is 6.75. The third-order valence-corrected chi connectivity index (χ3v) is 5.24. The minimum Gasteiger partial charge on any atom is -0.377 e. The van der Waals surface area contributed by atoms with Crippen LogP contribution in [0.5, 0.6) is 0 Å². The molecule has 1 fully saturated rings. The molecule has 3 heterocycles. The van der Waals surface area contributed by atoms with Crippen molar-refractivity contribution in [1.82, 2.24) is 14.5 Å². The monoisotopic (exact) mass is 349 g/mol. The molecule has 0 aliphatic carbocycles. The van der Waals surface area contributed by atoms with Crippen LogP contribution in [-0.2, 0) is 24.4 Å². The van der Waals surface area contributed by atoms with Gasteiger partial charge in [0, 0.05) is 56.1 Å². The van der Waals surface area contributed by atoms with Crippen LogP contribution < -0.4 is 0 Å². The van der Waals surface area contributed by atoms with Gasteiger partial charge < -0.3 is 9.30 Å². The SMILES string of the molecule is CCn1ccc2c(CN(Cc3ccccn3)C[C@@H]3CCCO3)cccc21. The van der Waals surface area contributed by atoms with Gasteiger partial charge >= 0.3 is 0 Å². The molecule has 0 saturated carbocycles. The van der Waals surface area contributed by atoms with E-state index in [1.54, 1.807) is 0 Å². The fourth-order valence-corrected chi connectivity index (χ4v) is 3.92. The summed E-state index contributed by atoms with van der Waals surface area (Å²) in [7, 11) is 0. The Balaban J connectivity index is 1.58. The van der Waals surface area contributed by atoms with Gasteiger partial charge in [-0.1, -0.05) is 18.2 Å². The van der Waals surface area contributed by atoms with E-state index in [0.717, 1.165) is 44.9 Å². The van der Waals surface area contributed by atoms with Crippen molar-refractivity contribution in [3.63, 3.8) is 0 Å². The number of ether oxygens (including phenoxy) is 1. The second-order valence-corrected chi connectivity index (χ2v) is 7.08. The Morgan fingerprint density at radius 2 is 2.12 bits per heavy atom. The predicted molar refractivity (Wildman–Crippen MR) is 105 cm³/mol. The molecule has 1 aromatic carbocycles. The number of fused-ring (bicyclic) bond motifs is 1. The second kappa shape index (κ2) is 8.02. The third-order valence-electron chi connectivity index (χ3n) is 5.24. The number of hydrogen-bond acceptors (Lipinski definition) is 3. The van der Waals surface area contributed by atoms with Gasteiger partial charge in [-0.3, -0.25) is 9.88 Å². The highest BCUT2D eigenvalue weighted by Gasteiger charge is 2.20. The average Bonchev–Trinajstić information content (AvgIpc) is 3.32. The van der Waals surface area contributed by atoms with Gasteiger partial charge in [-0.05, 0) is 49.6 Å². The summed E-state index contributed by atoms with van der Waals surface area (Å²) in [4.78, 5) is 7.01. The van der Waals surface area contributed by atoms with Crippen LogP contribution in [0.2, 0.25) is 0 Å². The quantitative estimate of drug-likeness (QED) is 0.639. The van der Waals surface area contributed by atoms with Crippen LogP contribution in [-0.4, -0.2) is 33.7 Å². The van der Waals surface area contributed by atoms with E-state index in [4.69, 9.17) is 4.74 Å². The van der Waals surface area contributed by atoms with E-state index in [1.165, 1.54) is 22.9 Å². The van der Waals surface area contributed by atoms with Gasteiger partial charge in [-0.2, -0.15) is 0 Å². The summed E-state index contributed by atoms with van der Waals surface area (Å²) >= 11 is 0. The smallest absolute Gasteiger partial charge is 0.0703 e. The Hall–Kier alpha value is -2.17. The molecule has 0 unspecified atom stereocenters. The second-order valence-electron chi connectivity index (χ2n) is 7.08. The molecule has 1 aliphatic heterocycles. The summed E-state index contributed by atoms with van der Waals surface area (Å²) in [6, 6.07) is 15.0. The molecule has 0 spiro atoms. The maximum atomic E-state index is 5.90. The number of rotatable bonds is 7. The Morgan fingerprint density at radius 1 is 1.15 bits per heavy atom. The van der Waals surface area contributed by atoms with Gasteiger partial charge in [-0.15, -0.1) is 0 Å². The molecule has 4 nitrogen and oxygen atoms in total. The van der Waals surface area contributed by atoms with Crippen molar-refractivity contribution in [2.75, 3.05) is 13.2 Å². The first-order valence-corrected chi connectivity index (χ1v) is 9.64. The Kier molecular flexibility index (Phi) is 5.32. The van der Waals surface area contributed by atoms with Gasteiger partial charge in [0.25, 0.3) is 0 Å². The summed E-state index contributed by atoms with van der Waals surface area (Å²) in [5.41, 5.74) is 3.81. The summed E-state index contributed by atoms with van der Waals surface area (Å²) in [6.45, 7) is 6.82. The maximum absolute atomic E-state index is 5.90. The van der Waals surface area contributed by atoms with Crippen molar-refractivity contribution >= 4 is 10.9 Å². The Labute approximate surface area is 155 Å². The minimum atomic E-state index is 0.346. The Bertz CT molecular complexity index is 837. The van der Waals surface area contributed by atoms with E-state index < -0.39 is 0 Å². The number of aromatic nitrogens is 2. The van der Waals surface area contributed by atoms with E-state index in [2.05, 4.69) is 64.0 Å². The van der Waals surface area contributed by atoms with E-state index >= 15 is 0 Å². The fraction of sp³-hybridized carbons (Fsp3) is 0.409. The molecule has 0 radical (unpaired) electrons. The summed E-state index contributed by atoms with van der Waals surface area (Å²) in [5.74, 6) is 0. The largest absolute Gasteiger partial charge is 0.377 e. The van der Waals surface area contributed by atoms with Gasteiger partial charge in [0.1, 0.15) is 0 Å². The Morgan fingerprint density at radius 3 is 2.88 bits per heavy atom. The number of hydrogen-bond donors (Lipinski definition) is 0. The molecule has 0 bridgehead atoms.